The molecule has 0 radical (unpaired) electrons. The lowest BCUT2D eigenvalue weighted by Gasteiger charge is -2.15. The van der Waals surface area contributed by atoms with E-state index in [1.54, 1.807) is 24.3 Å². The van der Waals surface area contributed by atoms with E-state index >= 15 is 0 Å². The minimum atomic E-state index is -1.31. The minimum absolute atomic E-state index is 0.306. The van der Waals surface area contributed by atoms with Crippen LogP contribution in [-0.4, -0.2) is 23.2 Å². The maximum atomic E-state index is 11.4. The summed E-state index contributed by atoms with van der Waals surface area (Å²) in [6.45, 7) is 2.45. The third-order valence-corrected chi connectivity index (χ3v) is 2.39. The Balaban J connectivity index is 2.48. The minimum Gasteiger partial charge on any atom is -0.442 e. The molecule has 0 aromatic heterocycles. The van der Waals surface area contributed by atoms with Crippen molar-refractivity contribution in [1.82, 2.24) is 0 Å². The average Bonchev–Trinajstić information content (AvgIpc) is 2.29. The van der Waals surface area contributed by atoms with Gasteiger partial charge >= 0.3 is 6.09 Å². The van der Waals surface area contributed by atoms with Gasteiger partial charge < -0.3 is 4.74 Å². The number of amides is 1. The van der Waals surface area contributed by atoms with Crippen molar-refractivity contribution in [2.24, 2.45) is 0 Å². The fourth-order valence-electron chi connectivity index (χ4n) is 0.982. The normalized spacial score (nSPS) is 10.8. The van der Waals surface area contributed by atoms with Crippen LogP contribution in [0.3, 0.4) is 0 Å². The lowest BCUT2D eigenvalue weighted by Crippen LogP contribution is -2.37. The molecule has 0 aliphatic heterocycles. The first-order valence-electron chi connectivity index (χ1n) is 5.15. The first kappa shape index (κ1) is 14.2. The van der Waals surface area contributed by atoms with E-state index in [2.05, 4.69) is 5.32 Å². The van der Waals surface area contributed by atoms with Crippen molar-refractivity contribution in [2.75, 3.05) is 11.9 Å². The van der Waals surface area contributed by atoms with Crippen molar-refractivity contribution in [1.29, 1.82) is 0 Å². The summed E-state index contributed by atoms with van der Waals surface area (Å²) in [6.07, 6.45) is -0.743. The van der Waals surface area contributed by atoms with Gasteiger partial charge in [0.1, 0.15) is 0 Å². The Bertz CT molecular complexity index is 445. The molecular weight excluding hydrogens is 260 g/mol. The van der Waals surface area contributed by atoms with Gasteiger partial charge in [-0.1, -0.05) is 11.6 Å². The van der Waals surface area contributed by atoms with E-state index in [9.17, 15) is 14.9 Å². The Morgan fingerprint density at radius 3 is 2.50 bits per heavy atom. The fraction of sp³-hybridized carbons (Fsp3) is 0.364. The Morgan fingerprint density at radius 1 is 1.44 bits per heavy atom. The van der Waals surface area contributed by atoms with Crippen molar-refractivity contribution in [3.63, 3.8) is 0 Å². The van der Waals surface area contributed by atoms with E-state index in [0.717, 1.165) is 0 Å². The predicted octanol–water partition coefficient (Wildman–Crippen LogP) is 2.94. The Hall–Kier alpha value is -1.82. The second-order valence-electron chi connectivity index (χ2n) is 4.28. The molecule has 0 aliphatic carbocycles. The van der Waals surface area contributed by atoms with Crippen LogP contribution in [0, 0.1) is 10.1 Å². The molecule has 1 aromatic rings. The molecule has 6 nitrogen and oxygen atoms in total. The largest absolute Gasteiger partial charge is 0.442 e. The Labute approximate surface area is 109 Å². The summed E-state index contributed by atoms with van der Waals surface area (Å²) < 4.78 is 4.78. The highest BCUT2D eigenvalue weighted by Crippen LogP contribution is 2.14. The van der Waals surface area contributed by atoms with Crippen LogP contribution in [0.15, 0.2) is 24.3 Å². The molecule has 0 aliphatic rings. The molecule has 98 valence electrons. The van der Waals surface area contributed by atoms with Gasteiger partial charge in [0, 0.05) is 29.5 Å². The van der Waals surface area contributed by atoms with Gasteiger partial charge in [-0.25, -0.2) is 4.79 Å². The van der Waals surface area contributed by atoms with E-state index < -0.39 is 16.6 Å². The van der Waals surface area contributed by atoms with Gasteiger partial charge in [-0.3, -0.25) is 15.4 Å². The molecule has 1 aromatic carbocycles. The lowest BCUT2D eigenvalue weighted by molar-refractivity contribution is -0.563. The zero-order chi connectivity index (χ0) is 13.8. The highest BCUT2D eigenvalue weighted by molar-refractivity contribution is 6.30. The number of ether oxygens (including phenoxy) is 1. The van der Waals surface area contributed by atoms with Gasteiger partial charge in [-0.15, -0.1) is 0 Å². The van der Waals surface area contributed by atoms with Crippen LogP contribution in [0.4, 0.5) is 10.5 Å². The molecule has 0 bridgehead atoms. The van der Waals surface area contributed by atoms with Crippen LogP contribution >= 0.6 is 11.6 Å². The number of hydrogen-bond donors (Lipinski definition) is 1. The van der Waals surface area contributed by atoms with E-state index in [4.69, 9.17) is 16.3 Å². The molecule has 0 atom stereocenters. The smallest absolute Gasteiger partial charge is 0.411 e. The topological polar surface area (TPSA) is 81.5 Å². The van der Waals surface area contributed by atoms with E-state index in [0.29, 0.717) is 10.7 Å². The number of nitrogens with one attached hydrogen (secondary N) is 1. The third kappa shape index (κ3) is 4.21. The molecule has 0 fully saturated rings. The van der Waals surface area contributed by atoms with E-state index in [1.165, 1.54) is 13.8 Å². The highest BCUT2D eigenvalue weighted by atomic mass is 35.5. The van der Waals surface area contributed by atoms with Crippen molar-refractivity contribution in [3.05, 3.63) is 39.4 Å². The molecule has 0 unspecified atom stereocenters. The Kier molecular flexibility index (Phi) is 4.49. The molecule has 1 amide bonds. The summed E-state index contributed by atoms with van der Waals surface area (Å²) in [6, 6.07) is 6.42. The van der Waals surface area contributed by atoms with Gasteiger partial charge in [0.25, 0.3) is 0 Å². The molecule has 7 heteroatoms. The maximum Gasteiger partial charge on any atom is 0.411 e. The average molecular weight is 273 g/mol. The quantitative estimate of drug-likeness (QED) is 0.675. The number of benzene rings is 1. The summed E-state index contributed by atoms with van der Waals surface area (Å²) in [7, 11) is 0. The number of nitro groups is 1. The molecule has 0 spiro atoms. The van der Waals surface area contributed by atoms with Gasteiger partial charge in [0.15, 0.2) is 6.61 Å². The van der Waals surface area contributed by atoms with Gasteiger partial charge in [0.05, 0.1) is 0 Å². The summed E-state index contributed by atoms with van der Waals surface area (Å²) >= 11 is 5.69. The highest BCUT2D eigenvalue weighted by Gasteiger charge is 2.32. The predicted molar refractivity (Wildman–Crippen MR) is 67.5 cm³/mol. The van der Waals surface area contributed by atoms with E-state index in [1.807, 2.05) is 0 Å². The number of carbonyl (C=O) groups excluding carboxylic acids is 1. The number of rotatable bonds is 4. The van der Waals surface area contributed by atoms with Crippen molar-refractivity contribution < 1.29 is 14.5 Å². The SMILES string of the molecule is CC(C)(COC(=O)Nc1ccc(Cl)cc1)[N+](=O)[O-]. The van der Waals surface area contributed by atoms with Crippen molar-refractivity contribution >= 4 is 23.4 Å². The standard InChI is InChI=1S/C11H13ClN2O4/c1-11(2,14(16)17)7-18-10(15)13-9-5-3-8(12)4-6-9/h3-6H,7H2,1-2H3,(H,13,15). The van der Waals surface area contributed by atoms with E-state index in [-0.39, 0.29) is 6.61 Å². The Morgan fingerprint density at radius 2 is 2.00 bits per heavy atom. The van der Waals surface area contributed by atoms with Gasteiger partial charge in [-0.2, -0.15) is 0 Å². The molecule has 0 heterocycles. The zero-order valence-electron chi connectivity index (χ0n) is 9.97. The first-order valence-corrected chi connectivity index (χ1v) is 5.53. The summed E-state index contributed by atoms with van der Waals surface area (Å²) in [5.74, 6) is 0. The lowest BCUT2D eigenvalue weighted by atomic mass is 10.1. The fourth-order valence-corrected chi connectivity index (χ4v) is 1.11. The number of hydrogen-bond acceptors (Lipinski definition) is 4. The molecule has 18 heavy (non-hydrogen) atoms. The van der Waals surface area contributed by atoms with Crippen LogP contribution < -0.4 is 5.32 Å². The van der Waals surface area contributed by atoms with Crippen molar-refractivity contribution in [3.8, 4) is 0 Å². The number of nitrogens with zero attached hydrogens (tertiary/aromatic N) is 1. The van der Waals surface area contributed by atoms with Crippen molar-refractivity contribution in [2.45, 2.75) is 19.4 Å². The monoisotopic (exact) mass is 272 g/mol. The van der Waals surface area contributed by atoms with Crippen LogP contribution in [0.25, 0.3) is 0 Å². The zero-order valence-corrected chi connectivity index (χ0v) is 10.7. The summed E-state index contributed by atoms with van der Waals surface area (Å²) in [5, 5.41) is 13.6. The van der Waals surface area contributed by atoms with Gasteiger partial charge in [-0.05, 0) is 24.3 Å². The van der Waals surface area contributed by atoms with Crippen LogP contribution in [0.1, 0.15) is 13.8 Å². The maximum absolute atomic E-state index is 11.4. The number of halogens is 1. The second-order valence-corrected chi connectivity index (χ2v) is 4.71. The number of anilines is 1. The van der Waals surface area contributed by atoms with Gasteiger partial charge in [0.2, 0.25) is 5.54 Å². The number of carbonyl (C=O) groups is 1. The second kappa shape index (κ2) is 5.68. The van der Waals surface area contributed by atoms with Crippen LogP contribution in [0.5, 0.6) is 0 Å². The molecule has 0 saturated heterocycles. The summed E-state index contributed by atoms with van der Waals surface area (Å²) in [5.41, 5.74) is -0.805. The molecular formula is C11H13ClN2O4. The third-order valence-electron chi connectivity index (χ3n) is 2.14. The molecule has 0 saturated carbocycles. The summed E-state index contributed by atoms with van der Waals surface area (Å²) in [4.78, 5) is 21.5. The van der Waals surface area contributed by atoms with Crippen LogP contribution in [-0.2, 0) is 4.74 Å². The molecule has 1 rings (SSSR count). The first-order chi connectivity index (χ1) is 8.31. The molecule has 1 N–H and O–H groups in total. The van der Waals surface area contributed by atoms with Crippen LogP contribution in [0.2, 0.25) is 5.02 Å².